The lowest BCUT2D eigenvalue weighted by molar-refractivity contribution is -0.387. The Kier molecular flexibility index (Phi) is 6.87. The van der Waals surface area contributed by atoms with Gasteiger partial charge in [0.25, 0.3) is 0 Å². The lowest BCUT2D eigenvalue weighted by atomic mass is 9.96. The zero-order valence-corrected chi connectivity index (χ0v) is 20.3. The van der Waals surface area contributed by atoms with Crippen LogP contribution in [0.2, 0.25) is 0 Å². The summed E-state index contributed by atoms with van der Waals surface area (Å²) in [7, 11) is 0. The number of benzene rings is 3. The maximum Gasteiger partial charge on any atom is 0.306 e. The van der Waals surface area contributed by atoms with E-state index in [1.54, 1.807) is 13.2 Å². The summed E-state index contributed by atoms with van der Waals surface area (Å²) in [4.78, 5) is 22.9. The normalized spacial score (nSPS) is 11.5. The van der Waals surface area contributed by atoms with E-state index in [1.165, 1.54) is 12.1 Å². The van der Waals surface area contributed by atoms with Crippen molar-refractivity contribution in [2.45, 2.75) is 27.7 Å². The molecule has 0 atom stereocenters. The van der Waals surface area contributed by atoms with Crippen LogP contribution in [-0.2, 0) is 4.79 Å². The van der Waals surface area contributed by atoms with Crippen LogP contribution in [0.5, 0.6) is 5.75 Å². The van der Waals surface area contributed by atoms with E-state index in [0.717, 1.165) is 45.3 Å². The van der Waals surface area contributed by atoms with Crippen molar-refractivity contribution in [1.29, 1.82) is 0 Å². The lowest BCUT2D eigenvalue weighted by Gasteiger charge is -2.15. The molecule has 0 saturated carbocycles. The molecule has 7 nitrogen and oxygen atoms in total. The van der Waals surface area contributed by atoms with Crippen molar-refractivity contribution in [2.24, 2.45) is 0 Å². The number of carbonyl (C=O) groups is 1. The number of rotatable bonds is 7. The zero-order valence-electron chi connectivity index (χ0n) is 20.3. The Morgan fingerprint density at radius 3 is 2.56 bits per heavy atom. The van der Waals surface area contributed by atoms with Gasteiger partial charge in [-0.25, -0.2) is 0 Å². The van der Waals surface area contributed by atoms with Crippen molar-refractivity contribution in [2.75, 3.05) is 11.9 Å². The Labute approximate surface area is 207 Å². The number of ether oxygens (including phenoxy) is 1. The minimum atomic E-state index is -0.973. The third-order valence-corrected chi connectivity index (χ3v) is 5.88. The van der Waals surface area contributed by atoms with E-state index in [4.69, 9.17) is 9.15 Å². The van der Waals surface area contributed by atoms with Crippen molar-refractivity contribution in [3.63, 3.8) is 0 Å². The summed E-state index contributed by atoms with van der Waals surface area (Å²) in [6, 6.07) is 13.3. The van der Waals surface area contributed by atoms with Crippen LogP contribution in [0.15, 0.2) is 65.3 Å². The first-order valence-corrected chi connectivity index (χ1v) is 11.4. The van der Waals surface area contributed by atoms with Crippen LogP contribution in [0.1, 0.15) is 30.5 Å². The number of halogens is 1. The summed E-state index contributed by atoms with van der Waals surface area (Å²) in [6.45, 7) is 8.01. The van der Waals surface area contributed by atoms with Gasteiger partial charge in [-0.3, -0.25) is 14.9 Å². The van der Waals surface area contributed by atoms with E-state index in [-0.39, 0.29) is 5.69 Å². The van der Waals surface area contributed by atoms with E-state index in [1.807, 2.05) is 51.1 Å². The van der Waals surface area contributed by atoms with Gasteiger partial charge in [-0.15, -0.1) is 0 Å². The molecule has 0 aliphatic heterocycles. The van der Waals surface area contributed by atoms with E-state index in [0.29, 0.717) is 23.5 Å². The molecule has 1 aromatic heterocycles. The van der Waals surface area contributed by atoms with Gasteiger partial charge in [0.05, 0.1) is 17.8 Å². The monoisotopic (exact) mass is 488 g/mol. The van der Waals surface area contributed by atoms with Crippen LogP contribution in [0.3, 0.4) is 0 Å². The van der Waals surface area contributed by atoms with Crippen molar-refractivity contribution in [3.8, 4) is 16.9 Å². The van der Waals surface area contributed by atoms with Crippen LogP contribution in [0.4, 0.5) is 15.8 Å². The molecule has 0 saturated heterocycles. The van der Waals surface area contributed by atoms with Crippen LogP contribution >= 0.6 is 0 Å². The molecule has 1 N–H and O–H groups in total. The number of fused-ring (bicyclic) bond motifs is 1. The second-order valence-corrected chi connectivity index (χ2v) is 8.44. The number of hydrogen-bond acceptors (Lipinski definition) is 5. The summed E-state index contributed by atoms with van der Waals surface area (Å²) < 4.78 is 25.5. The average molecular weight is 489 g/mol. The highest BCUT2D eigenvalue weighted by Gasteiger charge is 2.20. The molecular weight excluding hydrogens is 463 g/mol. The minimum Gasteiger partial charge on any atom is -0.493 e. The molecule has 0 aliphatic carbocycles. The minimum absolute atomic E-state index is 0.116. The Hall–Kier alpha value is -4.46. The van der Waals surface area contributed by atoms with Gasteiger partial charge in [-0.1, -0.05) is 29.8 Å². The third kappa shape index (κ3) is 4.84. The SMILES string of the molecule is CCOc1c(/C(C)=C/C(=O)Nc2ccc(F)c([N+](=O)[O-])c2)cc2c(-c3ccc(C)cc3)coc2c1C. The molecular formula is C28H25FN2O5. The standard InChI is InChI=1S/C28H25FN2O5/c1-5-35-27-18(4)28-22(23(15-36-28)19-8-6-16(2)7-9-19)14-21(27)17(3)12-26(32)30-20-10-11-24(29)25(13-20)31(33)34/h6-15H,5H2,1-4H3,(H,30,32)/b17-12+. The van der Waals surface area contributed by atoms with Gasteiger partial charge < -0.3 is 14.5 Å². The van der Waals surface area contributed by atoms with Crippen LogP contribution in [0.25, 0.3) is 27.7 Å². The number of nitrogens with zero attached hydrogens (tertiary/aromatic N) is 1. The number of amides is 1. The molecule has 36 heavy (non-hydrogen) atoms. The van der Waals surface area contributed by atoms with Crippen molar-refractivity contribution >= 4 is 33.8 Å². The predicted octanol–water partition coefficient (Wildman–Crippen LogP) is 7.20. The number of allylic oxidation sites excluding steroid dienone is 1. The maximum atomic E-state index is 13.6. The van der Waals surface area contributed by atoms with Gasteiger partial charge in [0.2, 0.25) is 11.7 Å². The number of nitro benzene ring substituents is 1. The summed E-state index contributed by atoms with van der Waals surface area (Å²) in [5.74, 6) is -0.882. The molecule has 4 aromatic rings. The van der Waals surface area contributed by atoms with Gasteiger partial charge in [-0.05, 0) is 57.0 Å². The maximum absolute atomic E-state index is 13.6. The quantitative estimate of drug-likeness (QED) is 0.169. The number of furan rings is 1. The fraction of sp³-hybridized carbons (Fsp3) is 0.179. The molecule has 0 fully saturated rings. The second-order valence-electron chi connectivity index (χ2n) is 8.44. The molecule has 1 heterocycles. The number of nitro groups is 1. The molecule has 0 bridgehead atoms. The summed E-state index contributed by atoms with van der Waals surface area (Å²) in [5.41, 5.74) is 5.34. The Morgan fingerprint density at radius 2 is 1.89 bits per heavy atom. The highest BCUT2D eigenvalue weighted by atomic mass is 19.1. The summed E-state index contributed by atoms with van der Waals surface area (Å²) in [5, 5.41) is 14.5. The fourth-order valence-corrected chi connectivity index (χ4v) is 4.08. The number of aryl methyl sites for hydroxylation is 2. The van der Waals surface area contributed by atoms with Crippen molar-refractivity contribution < 1.29 is 23.3 Å². The first kappa shape index (κ1) is 24.7. The van der Waals surface area contributed by atoms with Gasteiger partial charge in [0.1, 0.15) is 11.3 Å². The number of hydrogen-bond donors (Lipinski definition) is 1. The Balaban J connectivity index is 1.74. The third-order valence-electron chi connectivity index (χ3n) is 5.88. The van der Waals surface area contributed by atoms with E-state index < -0.39 is 22.3 Å². The predicted molar refractivity (Wildman–Crippen MR) is 138 cm³/mol. The van der Waals surface area contributed by atoms with E-state index in [2.05, 4.69) is 5.32 Å². The summed E-state index contributed by atoms with van der Waals surface area (Å²) in [6.07, 6.45) is 3.10. The smallest absolute Gasteiger partial charge is 0.306 e. The Morgan fingerprint density at radius 1 is 1.17 bits per heavy atom. The van der Waals surface area contributed by atoms with Gasteiger partial charge in [-0.2, -0.15) is 4.39 Å². The van der Waals surface area contributed by atoms with Crippen molar-refractivity contribution in [1.82, 2.24) is 0 Å². The molecule has 0 spiro atoms. The van der Waals surface area contributed by atoms with Gasteiger partial charge in [0, 0.05) is 39.9 Å². The van der Waals surface area contributed by atoms with E-state index in [9.17, 15) is 19.3 Å². The van der Waals surface area contributed by atoms with Crippen molar-refractivity contribution in [3.05, 3.63) is 93.5 Å². The topological polar surface area (TPSA) is 94.6 Å². The Bertz CT molecular complexity index is 1500. The second kappa shape index (κ2) is 10.0. The molecule has 8 heteroatoms. The summed E-state index contributed by atoms with van der Waals surface area (Å²) >= 11 is 0. The zero-order chi connectivity index (χ0) is 26.0. The number of anilines is 1. The molecule has 0 aliphatic rings. The molecule has 0 radical (unpaired) electrons. The first-order chi connectivity index (χ1) is 17.2. The van der Waals surface area contributed by atoms with Gasteiger partial charge in [0.15, 0.2) is 0 Å². The largest absolute Gasteiger partial charge is 0.493 e. The first-order valence-electron chi connectivity index (χ1n) is 11.4. The number of carbonyl (C=O) groups excluding carboxylic acids is 1. The molecule has 3 aromatic carbocycles. The highest BCUT2D eigenvalue weighted by molar-refractivity contribution is 6.06. The molecule has 184 valence electrons. The molecule has 4 rings (SSSR count). The lowest BCUT2D eigenvalue weighted by Crippen LogP contribution is -2.09. The number of nitrogens with one attached hydrogen (secondary N) is 1. The average Bonchev–Trinajstić information content (AvgIpc) is 3.26. The van der Waals surface area contributed by atoms with Crippen LogP contribution < -0.4 is 10.1 Å². The van der Waals surface area contributed by atoms with Crippen LogP contribution in [0, 0.1) is 29.8 Å². The highest BCUT2D eigenvalue weighted by Crippen LogP contribution is 2.40. The van der Waals surface area contributed by atoms with Gasteiger partial charge >= 0.3 is 5.69 Å². The molecule has 0 unspecified atom stereocenters. The fourth-order valence-electron chi connectivity index (χ4n) is 4.08. The van der Waals surface area contributed by atoms with Crippen LogP contribution in [-0.4, -0.2) is 17.4 Å². The van der Waals surface area contributed by atoms with E-state index >= 15 is 0 Å². The molecule has 1 amide bonds.